The fourth-order valence-electron chi connectivity index (χ4n) is 1.27. The molecule has 0 aliphatic carbocycles. The molecule has 0 amide bonds. The van der Waals surface area contributed by atoms with Gasteiger partial charge in [-0.2, -0.15) is 8.42 Å². The van der Waals surface area contributed by atoms with Gasteiger partial charge in [0.25, 0.3) is 10.1 Å². The Labute approximate surface area is 114 Å². The molecule has 0 aromatic heterocycles. The minimum absolute atomic E-state index is 0. The van der Waals surface area contributed by atoms with Gasteiger partial charge in [-0.05, 0) is 10.9 Å². The molecule has 0 saturated heterocycles. The Balaban J connectivity index is 0. The number of hydrogen-bond donors (Lipinski definition) is 0. The Morgan fingerprint density at radius 1 is 1.00 bits per heavy atom. The average molecular weight is 250 g/mol. The zero-order valence-electron chi connectivity index (χ0n) is 8.67. The molecule has 0 N–H and O–H groups in total. The Kier molecular flexibility index (Phi) is 13.8. The van der Waals surface area contributed by atoms with Crippen LogP contribution in [0.3, 0.4) is 0 Å². The molecule has 0 heterocycles. The molecular weight excluding hydrogens is 230 g/mol. The molecule has 15 heavy (non-hydrogen) atoms. The average Bonchev–Trinajstić information content (AvgIpc) is 2.16. The summed E-state index contributed by atoms with van der Waals surface area (Å²) in [5, 5.41) is 0. The molecule has 0 aliphatic rings. The molecule has 0 aromatic carbocycles. The van der Waals surface area contributed by atoms with Crippen LogP contribution in [0, 0.1) is 0 Å². The van der Waals surface area contributed by atoms with E-state index >= 15 is 0 Å². The van der Waals surface area contributed by atoms with Crippen LogP contribution >= 0.6 is 0 Å². The third-order valence-corrected chi connectivity index (χ3v) is 3.07. The molecule has 0 aliphatic heterocycles. The van der Waals surface area contributed by atoms with E-state index in [9.17, 15) is 12.9 Å². The van der Waals surface area contributed by atoms with Crippen molar-refractivity contribution in [3.63, 3.8) is 0 Å². The first-order valence-electron chi connectivity index (χ1n) is 5.15. The topological polar surface area (TPSA) is 43.4 Å². The SMILES string of the molecule is CCCCCCCCCS(=O)(=O)OF.[NaH]. The molecule has 3 nitrogen and oxygen atoms in total. The van der Waals surface area contributed by atoms with Crippen LogP contribution in [0.15, 0.2) is 0 Å². The minimum atomic E-state index is -3.88. The van der Waals surface area contributed by atoms with E-state index in [1.165, 1.54) is 19.3 Å². The summed E-state index contributed by atoms with van der Waals surface area (Å²) in [6.07, 6.45) is 7.08. The summed E-state index contributed by atoms with van der Waals surface area (Å²) in [4.78, 5) is 0. The zero-order chi connectivity index (χ0) is 10.9. The van der Waals surface area contributed by atoms with Crippen molar-refractivity contribution in [3.05, 3.63) is 0 Å². The third-order valence-electron chi connectivity index (χ3n) is 2.09. The second-order valence-corrected chi connectivity index (χ2v) is 5.10. The zero-order valence-corrected chi connectivity index (χ0v) is 9.48. The van der Waals surface area contributed by atoms with Crippen LogP contribution in [0.4, 0.5) is 4.53 Å². The van der Waals surface area contributed by atoms with Gasteiger partial charge in [0.2, 0.25) is 0 Å². The van der Waals surface area contributed by atoms with E-state index in [1.54, 1.807) is 0 Å². The van der Waals surface area contributed by atoms with Gasteiger partial charge in [0.15, 0.2) is 0 Å². The summed E-state index contributed by atoms with van der Waals surface area (Å²) < 4.78 is 35.3. The molecule has 0 radical (unpaired) electrons. The van der Waals surface area contributed by atoms with Gasteiger partial charge >= 0.3 is 29.6 Å². The molecular formula is C9H20FNaO3S. The number of halogens is 1. The maximum atomic E-state index is 11.4. The number of rotatable bonds is 9. The summed E-state index contributed by atoms with van der Waals surface area (Å²) in [5.41, 5.74) is 0. The molecule has 88 valence electrons. The van der Waals surface area contributed by atoms with Crippen LogP contribution in [0.5, 0.6) is 0 Å². The van der Waals surface area contributed by atoms with E-state index in [0.717, 1.165) is 19.3 Å². The molecule has 0 unspecified atom stereocenters. The monoisotopic (exact) mass is 250 g/mol. The van der Waals surface area contributed by atoms with Crippen molar-refractivity contribution in [1.82, 2.24) is 0 Å². The van der Waals surface area contributed by atoms with Gasteiger partial charge in [0.05, 0.1) is 5.75 Å². The van der Waals surface area contributed by atoms with Crippen LogP contribution < -0.4 is 0 Å². The van der Waals surface area contributed by atoms with Crippen molar-refractivity contribution in [2.45, 2.75) is 51.9 Å². The van der Waals surface area contributed by atoms with Crippen molar-refractivity contribution < 1.29 is 17.3 Å². The third kappa shape index (κ3) is 12.8. The van der Waals surface area contributed by atoms with Crippen LogP contribution in [0.25, 0.3) is 0 Å². The first kappa shape index (κ1) is 18.2. The molecule has 0 atom stereocenters. The van der Waals surface area contributed by atoms with Crippen molar-refractivity contribution in [1.29, 1.82) is 0 Å². The predicted octanol–water partition coefficient (Wildman–Crippen LogP) is 2.32. The summed E-state index contributed by atoms with van der Waals surface area (Å²) >= 11 is 0. The summed E-state index contributed by atoms with van der Waals surface area (Å²) in [6.45, 7) is 2.14. The van der Waals surface area contributed by atoms with E-state index in [4.69, 9.17) is 0 Å². The normalized spacial score (nSPS) is 11.1. The molecule has 0 fully saturated rings. The Morgan fingerprint density at radius 2 is 1.47 bits per heavy atom. The Bertz CT molecular complexity index is 219. The van der Waals surface area contributed by atoms with Crippen molar-refractivity contribution in [2.24, 2.45) is 0 Å². The number of unbranched alkanes of at least 4 members (excludes halogenated alkanes) is 6. The number of hydrogen-bond acceptors (Lipinski definition) is 3. The van der Waals surface area contributed by atoms with Crippen molar-refractivity contribution in [2.75, 3.05) is 5.75 Å². The summed E-state index contributed by atoms with van der Waals surface area (Å²) in [7, 11) is -3.88. The van der Waals surface area contributed by atoms with Gasteiger partial charge < -0.3 is 0 Å². The van der Waals surface area contributed by atoms with Crippen LogP contribution in [-0.2, 0) is 14.5 Å². The second-order valence-electron chi connectivity index (χ2n) is 3.45. The van der Waals surface area contributed by atoms with Crippen molar-refractivity contribution in [3.8, 4) is 0 Å². The van der Waals surface area contributed by atoms with Crippen molar-refractivity contribution >= 4 is 39.7 Å². The molecule has 0 bridgehead atoms. The van der Waals surface area contributed by atoms with Gasteiger partial charge in [-0.25, -0.2) is 0 Å². The van der Waals surface area contributed by atoms with E-state index in [2.05, 4.69) is 11.3 Å². The van der Waals surface area contributed by atoms with Gasteiger partial charge in [0.1, 0.15) is 0 Å². The van der Waals surface area contributed by atoms with E-state index in [0.29, 0.717) is 6.42 Å². The fraction of sp³-hybridized carbons (Fsp3) is 1.00. The Morgan fingerprint density at radius 3 is 1.93 bits per heavy atom. The van der Waals surface area contributed by atoms with Crippen LogP contribution in [0.2, 0.25) is 0 Å². The molecule has 0 spiro atoms. The molecule has 0 saturated carbocycles. The molecule has 0 rings (SSSR count). The van der Waals surface area contributed by atoms with E-state index in [-0.39, 0.29) is 35.3 Å². The van der Waals surface area contributed by atoms with Gasteiger partial charge in [-0.15, -0.1) is 0 Å². The fourth-order valence-corrected chi connectivity index (χ4v) is 1.89. The standard InChI is InChI=1S/C9H19FO3S.Na.H/c1-2-3-4-5-6-7-8-9-14(11,12)13-10;;/h2-9H2,1H3;;. The Hall–Kier alpha value is 0.840. The van der Waals surface area contributed by atoms with E-state index in [1.807, 2.05) is 0 Å². The first-order chi connectivity index (χ1) is 6.62. The van der Waals surface area contributed by atoms with Crippen LogP contribution in [0.1, 0.15) is 51.9 Å². The molecule has 0 aromatic rings. The van der Waals surface area contributed by atoms with Gasteiger partial charge in [-0.1, -0.05) is 49.8 Å². The quantitative estimate of drug-likeness (QED) is 0.466. The maximum absolute atomic E-state index is 11.4. The van der Waals surface area contributed by atoms with E-state index < -0.39 is 10.1 Å². The second kappa shape index (κ2) is 11.3. The molecule has 6 heteroatoms. The summed E-state index contributed by atoms with van der Waals surface area (Å²) in [6, 6.07) is 0. The van der Waals surface area contributed by atoms with Gasteiger partial charge in [-0.3, -0.25) is 0 Å². The van der Waals surface area contributed by atoms with Crippen LogP contribution in [-0.4, -0.2) is 43.7 Å². The van der Waals surface area contributed by atoms with Gasteiger partial charge in [0, 0.05) is 0 Å². The first-order valence-corrected chi connectivity index (χ1v) is 6.73. The predicted molar refractivity (Wildman–Crippen MR) is 61.1 cm³/mol. The summed E-state index contributed by atoms with van der Waals surface area (Å²) in [5.74, 6) is -0.211.